The molecular weight excluding hydrogens is 192 g/mol. The summed E-state index contributed by atoms with van der Waals surface area (Å²) in [5.74, 6) is 3.03. The monoisotopic (exact) mass is 216 g/mol. The molecule has 84 valence electrons. The predicted octanol–water partition coefficient (Wildman–Crippen LogP) is 3.17. The Bertz CT molecular complexity index is 200. The minimum Gasteiger partial charge on any atom is -0.388 e. The summed E-state index contributed by atoms with van der Waals surface area (Å²) >= 11 is 1.90. The lowest BCUT2D eigenvalue weighted by atomic mass is 9.65. The van der Waals surface area contributed by atoms with E-state index in [1.54, 1.807) is 0 Å². The lowest BCUT2D eigenvalue weighted by Crippen LogP contribution is -2.55. The van der Waals surface area contributed by atoms with Crippen molar-refractivity contribution >= 4 is 11.8 Å². The van der Waals surface area contributed by atoms with Crippen LogP contribution in [0.1, 0.15) is 41.0 Å². The van der Waals surface area contributed by atoms with Crippen molar-refractivity contribution < 1.29 is 5.11 Å². The fraction of sp³-hybridized carbons (Fsp3) is 1.00. The molecule has 0 aromatic carbocycles. The van der Waals surface area contributed by atoms with E-state index in [2.05, 4.69) is 34.6 Å². The Hall–Kier alpha value is 0.310. The average Bonchev–Trinajstić information content (AvgIpc) is 2.08. The zero-order chi connectivity index (χ0) is 11.0. The van der Waals surface area contributed by atoms with Crippen LogP contribution in [0.3, 0.4) is 0 Å². The van der Waals surface area contributed by atoms with Crippen molar-refractivity contribution in [2.24, 2.45) is 17.3 Å². The molecule has 1 heterocycles. The Kier molecular flexibility index (Phi) is 3.58. The SMILES string of the molecule is CC(C)C(C)C1(O)CSCCC1(C)C. The minimum absolute atomic E-state index is 0.0714. The molecule has 2 unspecified atom stereocenters. The highest BCUT2D eigenvalue weighted by atomic mass is 32.2. The zero-order valence-corrected chi connectivity index (χ0v) is 10.9. The molecule has 0 aromatic rings. The second-order valence-electron chi connectivity index (χ2n) is 5.64. The van der Waals surface area contributed by atoms with Gasteiger partial charge >= 0.3 is 0 Å². The van der Waals surface area contributed by atoms with Gasteiger partial charge in [-0.1, -0.05) is 34.6 Å². The summed E-state index contributed by atoms with van der Waals surface area (Å²) in [6.45, 7) is 11.0. The van der Waals surface area contributed by atoms with Gasteiger partial charge in [-0.3, -0.25) is 0 Å². The van der Waals surface area contributed by atoms with Crippen LogP contribution in [-0.2, 0) is 0 Å². The second kappa shape index (κ2) is 4.05. The lowest BCUT2D eigenvalue weighted by Gasteiger charge is -2.51. The first-order valence-electron chi connectivity index (χ1n) is 5.61. The van der Waals surface area contributed by atoms with Crippen LogP contribution in [0, 0.1) is 17.3 Å². The third-order valence-electron chi connectivity index (χ3n) is 4.12. The molecule has 1 N–H and O–H groups in total. The van der Waals surface area contributed by atoms with E-state index >= 15 is 0 Å². The molecule has 0 bridgehead atoms. The first-order valence-corrected chi connectivity index (χ1v) is 6.77. The van der Waals surface area contributed by atoms with E-state index in [1.807, 2.05) is 11.8 Å². The Balaban J connectivity index is 2.88. The zero-order valence-electron chi connectivity index (χ0n) is 10.1. The predicted molar refractivity (Wildman–Crippen MR) is 64.7 cm³/mol. The molecule has 1 aliphatic rings. The number of rotatable bonds is 2. The minimum atomic E-state index is -0.482. The first-order chi connectivity index (χ1) is 6.31. The maximum Gasteiger partial charge on any atom is 0.0816 e. The van der Waals surface area contributed by atoms with Gasteiger partial charge in [0.05, 0.1) is 5.60 Å². The molecule has 0 radical (unpaired) electrons. The van der Waals surface area contributed by atoms with Crippen molar-refractivity contribution in [1.29, 1.82) is 0 Å². The molecule has 1 aliphatic heterocycles. The van der Waals surface area contributed by atoms with Crippen LogP contribution in [0.4, 0.5) is 0 Å². The van der Waals surface area contributed by atoms with Crippen LogP contribution < -0.4 is 0 Å². The van der Waals surface area contributed by atoms with Gasteiger partial charge in [-0.05, 0) is 29.4 Å². The van der Waals surface area contributed by atoms with Gasteiger partial charge in [-0.2, -0.15) is 11.8 Å². The number of thioether (sulfide) groups is 1. The Morgan fingerprint density at radius 2 is 1.79 bits per heavy atom. The molecule has 1 nitrogen and oxygen atoms in total. The van der Waals surface area contributed by atoms with Gasteiger partial charge in [0.15, 0.2) is 0 Å². The quantitative estimate of drug-likeness (QED) is 0.765. The molecule has 0 saturated carbocycles. The van der Waals surface area contributed by atoms with Gasteiger partial charge in [-0.15, -0.1) is 0 Å². The largest absolute Gasteiger partial charge is 0.388 e. The third-order valence-corrected chi connectivity index (χ3v) is 5.26. The summed E-state index contributed by atoms with van der Waals surface area (Å²) in [5, 5.41) is 10.8. The van der Waals surface area contributed by atoms with Crippen LogP contribution >= 0.6 is 11.8 Å². The number of hydrogen-bond donors (Lipinski definition) is 1. The average molecular weight is 216 g/mol. The Morgan fingerprint density at radius 1 is 1.21 bits per heavy atom. The summed E-state index contributed by atoms with van der Waals surface area (Å²) in [7, 11) is 0. The van der Waals surface area contributed by atoms with Gasteiger partial charge in [0.1, 0.15) is 0 Å². The van der Waals surface area contributed by atoms with Crippen molar-refractivity contribution in [3.05, 3.63) is 0 Å². The van der Waals surface area contributed by atoms with Crippen molar-refractivity contribution in [3.8, 4) is 0 Å². The summed E-state index contributed by atoms with van der Waals surface area (Å²) in [4.78, 5) is 0. The summed E-state index contributed by atoms with van der Waals surface area (Å²) in [6, 6.07) is 0. The molecule has 0 spiro atoms. The standard InChI is InChI=1S/C12H24OS/c1-9(2)10(3)12(13)8-14-7-6-11(12,4)5/h9-10,13H,6-8H2,1-5H3. The van der Waals surface area contributed by atoms with Crippen molar-refractivity contribution in [2.75, 3.05) is 11.5 Å². The molecule has 2 atom stereocenters. The van der Waals surface area contributed by atoms with E-state index in [9.17, 15) is 5.11 Å². The van der Waals surface area contributed by atoms with Crippen LogP contribution in [0.25, 0.3) is 0 Å². The molecule has 1 rings (SSSR count). The summed E-state index contributed by atoms with van der Waals surface area (Å²) in [6.07, 6.45) is 1.13. The van der Waals surface area contributed by atoms with E-state index in [0.29, 0.717) is 11.8 Å². The second-order valence-corrected chi connectivity index (χ2v) is 6.75. The van der Waals surface area contributed by atoms with E-state index in [1.165, 1.54) is 5.75 Å². The maximum atomic E-state index is 10.8. The number of hydrogen-bond acceptors (Lipinski definition) is 2. The molecular formula is C12H24OS. The highest BCUT2D eigenvalue weighted by Gasteiger charge is 2.49. The van der Waals surface area contributed by atoms with E-state index in [-0.39, 0.29) is 5.41 Å². The fourth-order valence-corrected chi connectivity index (χ4v) is 4.03. The van der Waals surface area contributed by atoms with Crippen molar-refractivity contribution in [3.63, 3.8) is 0 Å². The highest BCUT2D eigenvalue weighted by molar-refractivity contribution is 7.99. The molecule has 1 saturated heterocycles. The Morgan fingerprint density at radius 3 is 2.21 bits per heavy atom. The number of aliphatic hydroxyl groups is 1. The third kappa shape index (κ3) is 1.96. The molecule has 0 aliphatic carbocycles. The van der Waals surface area contributed by atoms with Gasteiger partial charge in [-0.25, -0.2) is 0 Å². The van der Waals surface area contributed by atoms with Crippen LogP contribution in [0.15, 0.2) is 0 Å². The Labute approximate surface area is 92.7 Å². The van der Waals surface area contributed by atoms with E-state index in [0.717, 1.165) is 12.2 Å². The maximum absolute atomic E-state index is 10.8. The van der Waals surface area contributed by atoms with Crippen molar-refractivity contribution in [2.45, 2.75) is 46.6 Å². The van der Waals surface area contributed by atoms with Crippen LogP contribution in [0.5, 0.6) is 0 Å². The highest BCUT2D eigenvalue weighted by Crippen LogP contribution is 2.48. The molecule has 0 aromatic heterocycles. The molecule has 14 heavy (non-hydrogen) atoms. The van der Waals surface area contributed by atoms with Gasteiger partial charge in [0, 0.05) is 5.75 Å². The van der Waals surface area contributed by atoms with Gasteiger partial charge in [0.2, 0.25) is 0 Å². The molecule has 0 amide bonds. The molecule has 2 heteroatoms. The fourth-order valence-electron chi connectivity index (χ4n) is 2.27. The topological polar surface area (TPSA) is 20.2 Å². The van der Waals surface area contributed by atoms with Gasteiger partial charge in [0.25, 0.3) is 0 Å². The summed E-state index contributed by atoms with van der Waals surface area (Å²) < 4.78 is 0. The van der Waals surface area contributed by atoms with Crippen LogP contribution in [-0.4, -0.2) is 22.2 Å². The van der Waals surface area contributed by atoms with Gasteiger partial charge < -0.3 is 5.11 Å². The first kappa shape index (κ1) is 12.4. The van der Waals surface area contributed by atoms with Crippen LogP contribution in [0.2, 0.25) is 0 Å². The normalized spacial score (nSPS) is 34.5. The lowest BCUT2D eigenvalue weighted by molar-refractivity contribution is -0.105. The molecule has 1 fully saturated rings. The smallest absolute Gasteiger partial charge is 0.0816 e. The van der Waals surface area contributed by atoms with E-state index < -0.39 is 5.60 Å². The van der Waals surface area contributed by atoms with Crippen molar-refractivity contribution in [1.82, 2.24) is 0 Å². The van der Waals surface area contributed by atoms with E-state index in [4.69, 9.17) is 0 Å². The summed E-state index contributed by atoms with van der Waals surface area (Å²) in [5.41, 5.74) is -0.411.